The van der Waals surface area contributed by atoms with Gasteiger partial charge in [0.05, 0.1) is 12.4 Å². The van der Waals surface area contributed by atoms with Crippen LogP contribution in [-0.4, -0.2) is 99.1 Å². The van der Waals surface area contributed by atoms with Gasteiger partial charge in [0.2, 0.25) is 11.8 Å². The van der Waals surface area contributed by atoms with E-state index in [1.165, 1.54) is 106 Å². The minimum Gasteiger partial charge on any atom is -1.00 e. The zero-order chi connectivity index (χ0) is 58.3. The maximum Gasteiger partial charge on any atom is 0.762 e. The largest absolute Gasteiger partial charge is 1.00 e. The quantitative estimate of drug-likeness (QED) is 0.0414. The van der Waals surface area contributed by atoms with E-state index in [0.717, 1.165) is 87.9 Å². The van der Waals surface area contributed by atoms with Gasteiger partial charge in [-0.15, -0.1) is 33.4 Å². The maximum atomic E-state index is 11.0. The normalized spacial score (nSPS) is 29.8. The summed E-state index contributed by atoms with van der Waals surface area (Å²) < 4.78 is 39.3. The van der Waals surface area contributed by atoms with Crippen molar-refractivity contribution in [2.75, 3.05) is 54.0 Å². The number of hydrogen-bond donors (Lipinski definition) is 4. The molecule has 1 aromatic rings. The first-order chi connectivity index (χ1) is 36.0. The Labute approximate surface area is 481 Å². The first-order valence-electron chi connectivity index (χ1n) is 29.2. The molecule has 3 unspecified atom stereocenters. The van der Waals surface area contributed by atoms with Crippen LogP contribution >= 0.6 is 23.2 Å². The van der Waals surface area contributed by atoms with Gasteiger partial charge in [-0.2, -0.15) is 0 Å². The summed E-state index contributed by atoms with van der Waals surface area (Å²) in [5, 5.41) is 19.6. The fraction of sp³-hybridized carbons (Fsp3) is 0.915. The molecule has 3 aliphatic heterocycles. The average molecular weight is 1160 g/mol. The highest BCUT2D eigenvalue weighted by molar-refractivity contribution is 6.40. The van der Waals surface area contributed by atoms with Crippen molar-refractivity contribution in [2.24, 2.45) is 86.3 Å². The van der Waals surface area contributed by atoms with Crippen LogP contribution in [0.4, 0.5) is 12.9 Å². The van der Waals surface area contributed by atoms with Crippen LogP contribution in [0.3, 0.4) is 0 Å². The van der Waals surface area contributed by atoms with Crippen LogP contribution in [0.5, 0.6) is 0 Å². The number of aliphatic hydroxyl groups is 1. The Balaban J connectivity index is 0.000000488. The Bertz CT molecular complexity index is 1760. The van der Waals surface area contributed by atoms with Gasteiger partial charge < -0.3 is 28.8 Å². The van der Waals surface area contributed by atoms with Crippen LogP contribution in [-0.2, 0) is 37.1 Å². The second-order valence-electron chi connectivity index (χ2n) is 27.4. The number of carbonyl (C=O) groups excluding carboxylic acids is 2. The lowest BCUT2D eigenvalue weighted by Gasteiger charge is -2.56. The number of aromatic nitrogens is 3. The van der Waals surface area contributed by atoms with Crippen LogP contribution in [0.2, 0.25) is 0 Å². The maximum absolute atomic E-state index is 11.0. The first kappa shape index (κ1) is 73.8. The van der Waals surface area contributed by atoms with Crippen LogP contribution in [0.25, 0.3) is 0 Å². The fourth-order valence-electron chi connectivity index (χ4n) is 14.8. The van der Waals surface area contributed by atoms with E-state index in [4.69, 9.17) is 43.2 Å². The molecule has 1 saturated heterocycles. The number of carbonyl (C=O) groups is 2. The molecule has 11 aliphatic rings. The molecule has 8 aliphatic carbocycles. The van der Waals surface area contributed by atoms with Crippen molar-refractivity contribution in [2.45, 2.75) is 216 Å². The van der Waals surface area contributed by atoms with E-state index in [9.17, 15) is 22.5 Å². The zero-order valence-electron chi connectivity index (χ0n) is 51.2. The summed E-state index contributed by atoms with van der Waals surface area (Å²) >= 11 is 9.53. The van der Waals surface area contributed by atoms with Crippen LogP contribution < -0.4 is 21.3 Å². The molecule has 3 atom stereocenters. The lowest BCUT2D eigenvalue weighted by atomic mass is 9.49. The zero-order valence-corrected chi connectivity index (χ0v) is 52.8. The van der Waals surface area contributed by atoms with Gasteiger partial charge in [-0.05, 0) is 191 Å². The third kappa shape index (κ3) is 26.4. The predicted molar refractivity (Wildman–Crippen MR) is 314 cm³/mol. The number of nitrogens with two attached hydrogens (primary N) is 1. The number of ether oxygens (including phenoxy) is 1. The predicted octanol–water partition coefficient (Wildman–Crippen LogP) is 10.7. The number of hydrazine groups is 1. The molecule has 2 amide bonds. The number of nitrogens with one attached hydrogen (secondary N) is 2. The SMILES string of the molecule is C1C2CC3CC1CC(C2)C3.CC(=O)NN.CC(C)(C)C1CCNC(=O)CC1.CC(C)(C)C1CCc2nnc(C34CC5CC(CC(C5)C3)C4)n2CC1.CO.COC1=NCCC(C(C)(C)C)CC1.C[O+](C)C.ClCCl.FB(F)F.[F-]. The standard InChI is InChI=1S/C21H33N3.C11H21NO.C10H19NO.C10H16.C3H9O.C2H6N2O.CH2Cl2.CH4O.BF3.FH/c1-20(2,3)17-4-5-18-22-23-19(24(18)7-6-17)21-11-14-8-15(12-21)10-16(9-14)13-21;1-11(2,3)9-5-6-10(13-4)12-8-7-9;1-10(2,3)8-4-5-9(12)11-7-6-8;1-7-2-9-4-8(1)5-10(3-7)6-9;1-4(2)3;1-2(5)4-3;2-1-3;1-2;2-1(3)4;/h14-17H,4-13H2,1-3H3;9H,5-8H2,1-4H3;8H,4-7H2,1-3H3,(H,11,12);7-10H,1-6H2;1-3H3;3H2,1H3,(H,4,5);1H2;2H,1H3;;1H/q;;;;+1;;;;;/p-1. The molecule has 0 radical (unpaired) electrons. The number of amides is 2. The molecular weight excluding hydrogens is 1040 g/mol. The van der Waals surface area contributed by atoms with Crippen LogP contribution in [0.1, 0.15) is 209 Å². The number of aryl methyl sites for hydroxylation is 1. The lowest BCUT2D eigenvalue weighted by Crippen LogP contribution is -3.00. The molecule has 8 bridgehead atoms. The smallest absolute Gasteiger partial charge is 0.762 e. The summed E-state index contributed by atoms with van der Waals surface area (Å²) in [4.78, 5) is 25.0. The van der Waals surface area contributed by atoms with E-state index in [1.807, 2.05) is 26.8 Å². The summed E-state index contributed by atoms with van der Waals surface area (Å²) in [6.45, 7) is 25.2. The van der Waals surface area contributed by atoms with Crippen LogP contribution in [0, 0.1) is 75.4 Å². The molecule has 4 heterocycles. The highest BCUT2D eigenvalue weighted by Gasteiger charge is 2.54. The number of hydrogen-bond acceptors (Lipinski definition) is 8. The third-order valence-electron chi connectivity index (χ3n) is 17.9. The fourth-order valence-corrected chi connectivity index (χ4v) is 14.8. The molecule has 19 heteroatoms. The topological polar surface area (TPSA) is 159 Å². The van der Waals surface area contributed by atoms with Crippen molar-refractivity contribution < 1.29 is 41.5 Å². The number of rotatable bonds is 1. The van der Waals surface area contributed by atoms with E-state index in [-0.39, 0.29) is 21.9 Å². The number of aliphatic imine (C=N–C) groups is 1. The Morgan fingerprint density at radius 3 is 1.46 bits per heavy atom. The second-order valence-corrected chi connectivity index (χ2v) is 28.2. The summed E-state index contributed by atoms with van der Waals surface area (Å²) in [7, 11) is 4.80. The number of methoxy groups -OCH3 is 1. The van der Waals surface area contributed by atoms with Crippen molar-refractivity contribution in [1.29, 1.82) is 0 Å². The molecule has 12 nitrogen and oxygen atoms in total. The molecule has 78 heavy (non-hydrogen) atoms. The second kappa shape index (κ2) is 35.7. The van der Waals surface area contributed by atoms with Gasteiger partial charge in [0.1, 0.15) is 33.0 Å². The summed E-state index contributed by atoms with van der Waals surface area (Å²) in [6, 6.07) is 0. The van der Waals surface area contributed by atoms with Crippen molar-refractivity contribution in [3.05, 3.63) is 11.6 Å². The van der Waals surface area contributed by atoms with Gasteiger partial charge >= 0.3 is 7.54 Å². The Morgan fingerprint density at radius 1 is 0.718 bits per heavy atom. The van der Waals surface area contributed by atoms with E-state index in [1.54, 1.807) is 45.6 Å². The number of halogens is 6. The highest BCUT2D eigenvalue weighted by atomic mass is 35.5. The monoisotopic (exact) mass is 1150 g/mol. The summed E-state index contributed by atoms with van der Waals surface area (Å²) in [6.07, 6.45) is 28.4. The Morgan fingerprint density at radius 2 is 1.08 bits per heavy atom. The third-order valence-corrected chi connectivity index (χ3v) is 17.9. The van der Waals surface area contributed by atoms with Gasteiger partial charge in [0, 0.05) is 58.3 Å². The summed E-state index contributed by atoms with van der Waals surface area (Å²) in [5.41, 5.74) is 3.46. The van der Waals surface area contributed by atoms with E-state index >= 15 is 0 Å². The van der Waals surface area contributed by atoms with Gasteiger partial charge in [-0.25, -0.2) is 5.84 Å². The molecule has 1 aromatic heterocycles. The van der Waals surface area contributed by atoms with E-state index in [2.05, 4.69) is 87.4 Å². The van der Waals surface area contributed by atoms with Crippen molar-refractivity contribution in [3.63, 3.8) is 0 Å². The molecule has 0 aromatic carbocycles. The van der Waals surface area contributed by atoms with Gasteiger partial charge in [0.25, 0.3) is 0 Å². The van der Waals surface area contributed by atoms with Crippen molar-refractivity contribution in [3.8, 4) is 0 Å². The van der Waals surface area contributed by atoms with E-state index < -0.39 is 7.54 Å². The molecule has 5 N–H and O–H groups in total. The summed E-state index contributed by atoms with van der Waals surface area (Å²) in [5.74, 6) is 18.1. The van der Waals surface area contributed by atoms with E-state index in [0.29, 0.717) is 34.0 Å². The minimum absolute atomic E-state index is 0. The minimum atomic E-state index is -3.67. The molecule has 9 fully saturated rings. The van der Waals surface area contributed by atoms with Crippen molar-refractivity contribution >= 4 is 48.5 Å². The van der Waals surface area contributed by atoms with Crippen LogP contribution in [0.15, 0.2) is 4.99 Å². The Hall–Kier alpha value is -2.21. The lowest BCUT2D eigenvalue weighted by molar-refractivity contribution is -0.121. The number of alkyl halides is 2. The van der Waals surface area contributed by atoms with Gasteiger partial charge in [-0.1, -0.05) is 62.3 Å². The first-order valence-corrected chi connectivity index (χ1v) is 30.3. The highest BCUT2D eigenvalue weighted by Crippen LogP contribution is 2.60. The van der Waals surface area contributed by atoms with Gasteiger partial charge in [-0.3, -0.25) is 33.0 Å². The number of aliphatic hydroxyl groups excluding tert-OH is 1. The molecule has 0 spiro atoms. The number of nitrogens with zero attached hydrogens (tertiary/aromatic N) is 4. The molecular formula is C59H110BCl2F4N7O5. The van der Waals surface area contributed by atoms with Crippen molar-refractivity contribution in [1.82, 2.24) is 25.5 Å². The Kier molecular flexibility index (Phi) is 33.8. The average Bonchev–Trinajstić information content (AvgIpc) is 3.52. The molecule has 8 saturated carbocycles. The number of fused-ring (bicyclic) bond motifs is 1. The molecule has 456 valence electrons. The van der Waals surface area contributed by atoms with Gasteiger partial charge in [0.15, 0.2) is 5.90 Å². The molecule has 12 rings (SSSR count).